The van der Waals surface area contributed by atoms with Crippen LogP contribution in [0.2, 0.25) is 0 Å². The lowest BCUT2D eigenvalue weighted by atomic mass is 10.0. The molecule has 0 aromatic carbocycles. The molecule has 0 amide bonds. The summed E-state index contributed by atoms with van der Waals surface area (Å²) >= 11 is 0. The van der Waals surface area contributed by atoms with Crippen LogP contribution in [-0.2, 0) is 9.63 Å². The molecule has 1 atom stereocenters. The number of ketones is 1. The highest BCUT2D eigenvalue weighted by atomic mass is 16.6. The number of nitrogens with zero attached hydrogens (tertiary/aromatic N) is 1. The molecule has 1 unspecified atom stereocenters. The summed E-state index contributed by atoms with van der Waals surface area (Å²) in [5.74, 6) is 0.191. The van der Waals surface area contributed by atoms with Crippen LogP contribution in [0.1, 0.15) is 71.6 Å². The molecule has 1 aliphatic rings. The summed E-state index contributed by atoms with van der Waals surface area (Å²) in [5.41, 5.74) is 0.669. The fraction of sp³-hybridized carbons (Fsp3) is 0.857. The Balaban J connectivity index is 2.17. The maximum Gasteiger partial charge on any atom is 0.180 e. The van der Waals surface area contributed by atoms with E-state index in [1.807, 2.05) is 0 Å². The van der Waals surface area contributed by atoms with Gasteiger partial charge in [0.25, 0.3) is 0 Å². The Kier molecular flexibility index (Phi) is 6.90. The first-order chi connectivity index (χ1) is 8.27. The van der Waals surface area contributed by atoms with Gasteiger partial charge in [-0.2, -0.15) is 0 Å². The molecule has 3 nitrogen and oxygen atoms in total. The van der Waals surface area contributed by atoms with Crippen LogP contribution >= 0.6 is 0 Å². The molecule has 0 aromatic rings. The predicted octanol–water partition coefficient (Wildman–Crippen LogP) is 3.86. The van der Waals surface area contributed by atoms with E-state index in [1.54, 1.807) is 0 Å². The predicted molar refractivity (Wildman–Crippen MR) is 70.2 cm³/mol. The van der Waals surface area contributed by atoms with Crippen molar-refractivity contribution < 1.29 is 9.63 Å². The van der Waals surface area contributed by atoms with Crippen LogP contribution in [0.25, 0.3) is 0 Å². The molecular weight excluding hydrogens is 214 g/mol. The number of carbonyl (C=O) groups is 1. The molecule has 17 heavy (non-hydrogen) atoms. The number of hydrogen-bond acceptors (Lipinski definition) is 3. The Hall–Kier alpha value is -0.860. The average Bonchev–Trinajstić information content (AvgIpc) is 2.78. The van der Waals surface area contributed by atoms with E-state index in [0.29, 0.717) is 12.1 Å². The normalized spacial score (nSPS) is 18.9. The summed E-state index contributed by atoms with van der Waals surface area (Å²) in [7, 11) is 0. The van der Waals surface area contributed by atoms with Crippen molar-refractivity contribution in [2.75, 3.05) is 0 Å². The van der Waals surface area contributed by atoms with E-state index in [4.69, 9.17) is 4.84 Å². The second-order valence-corrected chi connectivity index (χ2v) is 4.85. The minimum absolute atomic E-state index is 0.159. The summed E-state index contributed by atoms with van der Waals surface area (Å²) in [6.45, 7) is 4.33. The largest absolute Gasteiger partial charge is 0.392 e. The summed E-state index contributed by atoms with van der Waals surface area (Å²) in [4.78, 5) is 17.1. The molecule has 0 bridgehead atoms. The fourth-order valence-corrected chi connectivity index (χ4v) is 2.05. The smallest absolute Gasteiger partial charge is 0.180 e. The van der Waals surface area contributed by atoms with Crippen molar-refractivity contribution in [2.24, 2.45) is 5.16 Å². The second-order valence-electron chi connectivity index (χ2n) is 4.85. The average molecular weight is 239 g/mol. The third-order valence-corrected chi connectivity index (χ3v) is 3.19. The molecule has 0 N–H and O–H groups in total. The topological polar surface area (TPSA) is 38.7 Å². The standard InChI is InChI=1S/C14H25NO2/c1-3-5-7-9-12-11-13(15-17-12)14(16)10-8-6-4-2/h12H,3-11H2,1-2H3. The third kappa shape index (κ3) is 5.33. The van der Waals surface area contributed by atoms with Crippen LogP contribution in [0.5, 0.6) is 0 Å². The van der Waals surface area contributed by atoms with Gasteiger partial charge in [-0.15, -0.1) is 0 Å². The summed E-state index contributed by atoms with van der Waals surface area (Å²) in [5, 5.41) is 3.94. The number of Topliss-reactive ketones (excluding diaryl/α,β-unsaturated/α-hetero) is 1. The molecule has 98 valence electrons. The van der Waals surface area contributed by atoms with Gasteiger partial charge < -0.3 is 4.84 Å². The number of unbranched alkanes of at least 4 members (excludes halogenated alkanes) is 4. The van der Waals surface area contributed by atoms with Gasteiger partial charge in [-0.25, -0.2) is 0 Å². The van der Waals surface area contributed by atoms with Crippen LogP contribution in [0.4, 0.5) is 0 Å². The van der Waals surface area contributed by atoms with E-state index in [2.05, 4.69) is 19.0 Å². The molecule has 0 aromatic heterocycles. The molecule has 1 rings (SSSR count). The zero-order valence-electron chi connectivity index (χ0n) is 11.2. The van der Waals surface area contributed by atoms with Gasteiger partial charge in [0, 0.05) is 12.8 Å². The number of oxime groups is 1. The Labute approximate surface area is 105 Å². The highest BCUT2D eigenvalue weighted by molar-refractivity contribution is 6.40. The van der Waals surface area contributed by atoms with Crippen LogP contribution in [-0.4, -0.2) is 17.6 Å². The minimum atomic E-state index is 0.159. The van der Waals surface area contributed by atoms with Crippen molar-refractivity contribution >= 4 is 11.5 Å². The van der Waals surface area contributed by atoms with Crippen molar-refractivity contribution in [3.8, 4) is 0 Å². The number of rotatable bonds is 9. The monoisotopic (exact) mass is 239 g/mol. The lowest BCUT2D eigenvalue weighted by molar-refractivity contribution is -0.113. The second kappa shape index (κ2) is 8.26. The molecule has 0 saturated heterocycles. The van der Waals surface area contributed by atoms with Crippen LogP contribution in [0, 0.1) is 0 Å². The Morgan fingerprint density at radius 2 is 1.94 bits per heavy atom. The van der Waals surface area contributed by atoms with Gasteiger partial charge in [0.2, 0.25) is 0 Å². The van der Waals surface area contributed by atoms with Crippen molar-refractivity contribution in [3.05, 3.63) is 0 Å². The van der Waals surface area contributed by atoms with Gasteiger partial charge >= 0.3 is 0 Å². The van der Waals surface area contributed by atoms with Gasteiger partial charge in [-0.1, -0.05) is 44.7 Å². The molecule has 1 heterocycles. The highest BCUT2D eigenvalue weighted by Gasteiger charge is 2.24. The van der Waals surface area contributed by atoms with Crippen molar-refractivity contribution in [1.82, 2.24) is 0 Å². The van der Waals surface area contributed by atoms with Gasteiger partial charge in [0.1, 0.15) is 11.8 Å². The van der Waals surface area contributed by atoms with E-state index in [1.165, 1.54) is 19.3 Å². The molecule has 3 heteroatoms. The van der Waals surface area contributed by atoms with E-state index in [-0.39, 0.29) is 11.9 Å². The van der Waals surface area contributed by atoms with Crippen LogP contribution in [0.15, 0.2) is 5.16 Å². The van der Waals surface area contributed by atoms with Gasteiger partial charge in [-0.3, -0.25) is 4.79 Å². The lowest BCUT2D eigenvalue weighted by Gasteiger charge is -2.06. The van der Waals surface area contributed by atoms with Gasteiger partial charge in [0.05, 0.1) is 0 Å². The quantitative estimate of drug-likeness (QED) is 0.573. The third-order valence-electron chi connectivity index (χ3n) is 3.19. The Bertz CT molecular complexity index is 261. The summed E-state index contributed by atoms with van der Waals surface area (Å²) in [6.07, 6.45) is 9.44. The highest BCUT2D eigenvalue weighted by Crippen LogP contribution is 2.18. The van der Waals surface area contributed by atoms with Crippen molar-refractivity contribution in [1.29, 1.82) is 0 Å². The van der Waals surface area contributed by atoms with Crippen LogP contribution in [0.3, 0.4) is 0 Å². The molecular formula is C14H25NO2. The maximum absolute atomic E-state index is 11.8. The summed E-state index contributed by atoms with van der Waals surface area (Å²) < 4.78 is 0. The Morgan fingerprint density at radius 1 is 1.24 bits per heavy atom. The number of hydrogen-bond donors (Lipinski definition) is 0. The van der Waals surface area contributed by atoms with Gasteiger partial charge in [0.15, 0.2) is 5.78 Å². The van der Waals surface area contributed by atoms with E-state index in [0.717, 1.165) is 32.1 Å². The first kappa shape index (κ1) is 14.2. The minimum Gasteiger partial charge on any atom is -0.392 e. The van der Waals surface area contributed by atoms with Gasteiger partial charge in [-0.05, 0) is 19.3 Å². The molecule has 0 radical (unpaired) electrons. The summed E-state index contributed by atoms with van der Waals surface area (Å²) in [6, 6.07) is 0. The molecule has 0 saturated carbocycles. The zero-order valence-corrected chi connectivity index (χ0v) is 11.2. The fourth-order valence-electron chi connectivity index (χ4n) is 2.05. The zero-order chi connectivity index (χ0) is 12.5. The SMILES string of the molecule is CCCCCC(=O)C1=NOC(CCCCC)C1. The number of carbonyl (C=O) groups excluding carboxylic acids is 1. The maximum atomic E-state index is 11.8. The van der Waals surface area contributed by atoms with E-state index >= 15 is 0 Å². The van der Waals surface area contributed by atoms with Crippen LogP contribution < -0.4 is 0 Å². The molecule has 0 fully saturated rings. The van der Waals surface area contributed by atoms with E-state index in [9.17, 15) is 4.79 Å². The van der Waals surface area contributed by atoms with E-state index < -0.39 is 0 Å². The first-order valence-electron chi connectivity index (χ1n) is 7.03. The lowest BCUT2D eigenvalue weighted by Crippen LogP contribution is -2.15. The first-order valence-corrected chi connectivity index (χ1v) is 7.03. The Morgan fingerprint density at radius 3 is 2.65 bits per heavy atom. The molecule has 1 aliphatic heterocycles. The van der Waals surface area contributed by atoms with Crippen molar-refractivity contribution in [2.45, 2.75) is 77.7 Å². The molecule has 0 aliphatic carbocycles. The van der Waals surface area contributed by atoms with Crippen molar-refractivity contribution in [3.63, 3.8) is 0 Å². The molecule has 0 spiro atoms.